The van der Waals surface area contributed by atoms with E-state index in [2.05, 4.69) is 27.5 Å². The zero-order chi connectivity index (χ0) is 18.4. The number of hydrogen-bond acceptors (Lipinski definition) is 5. The fourth-order valence-corrected chi connectivity index (χ4v) is 2.86. The molecule has 1 saturated heterocycles. The highest BCUT2D eigenvalue weighted by Crippen LogP contribution is 2.25. The van der Waals surface area contributed by atoms with Gasteiger partial charge < -0.3 is 20.3 Å². The van der Waals surface area contributed by atoms with Crippen LogP contribution in [0.25, 0.3) is 0 Å². The Morgan fingerprint density at radius 2 is 1.92 bits per heavy atom. The molecule has 0 aliphatic carbocycles. The number of amides is 2. The maximum absolute atomic E-state index is 12.5. The molecule has 0 spiro atoms. The minimum atomic E-state index is -0.287. The summed E-state index contributed by atoms with van der Waals surface area (Å²) in [6.45, 7) is 5.52. The van der Waals surface area contributed by atoms with Crippen LogP contribution < -0.4 is 10.6 Å². The van der Waals surface area contributed by atoms with E-state index in [4.69, 9.17) is 16.3 Å². The zero-order valence-corrected chi connectivity index (χ0v) is 15.6. The molecule has 1 heterocycles. The molecule has 8 heteroatoms. The fourth-order valence-electron chi connectivity index (χ4n) is 2.63. The van der Waals surface area contributed by atoms with Crippen LogP contribution in [0, 0.1) is 0 Å². The van der Waals surface area contributed by atoms with Crippen molar-refractivity contribution >= 4 is 34.8 Å². The molecule has 1 aliphatic heterocycles. The molecule has 0 aromatic heterocycles. The number of halogens is 1. The average molecular weight is 369 g/mol. The van der Waals surface area contributed by atoms with Crippen molar-refractivity contribution in [3.8, 4) is 0 Å². The van der Waals surface area contributed by atoms with Gasteiger partial charge in [-0.2, -0.15) is 0 Å². The number of benzene rings is 1. The van der Waals surface area contributed by atoms with Gasteiger partial charge in [-0.3, -0.25) is 14.5 Å². The van der Waals surface area contributed by atoms with Crippen molar-refractivity contribution in [2.45, 2.75) is 13.0 Å². The van der Waals surface area contributed by atoms with Crippen molar-refractivity contribution in [1.82, 2.24) is 9.80 Å². The second-order valence-corrected chi connectivity index (χ2v) is 6.59. The molecule has 1 fully saturated rings. The van der Waals surface area contributed by atoms with Gasteiger partial charge in [0, 0.05) is 39.0 Å². The van der Waals surface area contributed by atoms with Gasteiger partial charge in [0.1, 0.15) is 6.61 Å². The van der Waals surface area contributed by atoms with E-state index in [0.29, 0.717) is 16.4 Å². The number of nitrogens with zero attached hydrogens (tertiary/aromatic N) is 2. The number of piperazine rings is 1. The summed E-state index contributed by atoms with van der Waals surface area (Å²) in [5.41, 5.74) is 1.08. The molecule has 0 radical (unpaired) electrons. The number of ether oxygens (including phenoxy) is 1. The number of carbonyl (C=O) groups is 2. The van der Waals surface area contributed by atoms with E-state index in [1.54, 1.807) is 18.2 Å². The van der Waals surface area contributed by atoms with Crippen LogP contribution in [0.5, 0.6) is 0 Å². The van der Waals surface area contributed by atoms with Gasteiger partial charge in [0.05, 0.1) is 16.8 Å². The van der Waals surface area contributed by atoms with E-state index < -0.39 is 0 Å². The monoisotopic (exact) mass is 368 g/mol. The maximum Gasteiger partial charge on any atom is 0.250 e. The van der Waals surface area contributed by atoms with Crippen LogP contribution >= 0.6 is 11.6 Å². The average Bonchev–Trinajstić information content (AvgIpc) is 2.57. The number of nitrogens with one attached hydrogen (secondary N) is 2. The second kappa shape index (κ2) is 9.15. The fraction of sp³-hybridized carbons (Fsp3) is 0.529. The molecular formula is C17H25ClN4O3. The highest BCUT2D eigenvalue weighted by molar-refractivity contribution is 6.34. The third kappa shape index (κ3) is 5.67. The summed E-state index contributed by atoms with van der Waals surface area (Å²) in [5, 5.41) is 5.89. The Hall–Kier alpha value is -1.67. The summed E-state index contributed by atoms with van der Waals surface area (Å²) in [7, 11) is 3.53. The molecule has 2 amide bonds. The zero-order valence-electron chi connectivity index (χ0n) is 14.8. The largest absolute Gasteiger partial charge is 0.375 e. The third-order valence-corrected chi connectivity index (χ3v) is 4.56. The summed E-state index contributed by atoms with van der Waals surface area (Å²) in [6.07, 6.45) is 0. The Morgan fingerprint density at radius 1 is 1.24 bits per heavy atom. The van der Waals surface area contributed by atoms with Crippen LogP contribution in [0.4, 0.5) is 11.4 Å². The quantitative estimate of drug-likeness (QED) is 0.796. The summed E-state index contributed by atoms with van der Waals surface area (Å²) in [5.74, 6) is -0.360. The van der Waals surface area contributed by atoms with Crippen molar-refractivity contribution in [3.63, 3.8) is 0 Å². The Labute approximate surface area is 153 Å². The standard InChI is InChI=1S/C17H25ClN4O3/c1-12(22-8-6-21(2)7-9-22)17(24)19-13-4-5-15(14(18)10-13)20-16(23)11-25-3/h4-5,10,12H,6-9,11H2,1-3H3,(H,19,24)(H,20,23). The number of hydrogen-bond donors (Lipinski definition) is 2. The lowest BCUT2D eigenvalue weighted by Gasteiger charge is -2.35. The topological polar surface area (TPSA) is 73.9 Å². The Kier molecular flexibility index (Phi) is 7.19. The minimum Gasteiger partial charge on any atom is -0.375 e. The number of anilines is 2. The van der Waals surface area contributed by atoms with Crippen LogP contribution in [0.15, 0.2) is 18.2 Å². The molecule has 2 rings (SSSR count). The summed E-state index contributed by atoms with van der Waals surface area (Å²) in [6, 6.07) is 4.78. The van der Waals surface area contributed by atoms with Crippen molar-refractivity contribution in [1.29, 1.82) is 0 Å². The molecule has 7 nitrogen and oxygen atoms in total. The van der Waals surface area contributed by atoms with Crippen molar-refractivity contribution < 1.29 is 14.3 Å². The predicted octanol–water partition coefficient (Wildman–Crippen LogP) is 1.50. The van der Waals surface area contributed by atoms with Crippen molar-refractivity contribution in [2.75, 3.05) is 57.6 Å². The van der Waals surface area contributed by atoms with Crippen LogP contribution in [0.2, 0.25) is 5.02 Å². The van der Waals surface area contributed by atoms with Gasteiger partial charge in [-0.25, -0.2) is 0 Å². The Morgan fingerprint density at radius 3 is 2.52 bits per heavy atom. The molecule has 0 bridgehead atoms. The number of methoxy groups -OCH3 is 1. The number of carbonyl (C=O) groups excluding carboxylic acids is 2. The van der Waals surface area contributed by atoms with Gasteiger partial charge in [-0.05, 0) is 32.2 Å². The Bertz CT molecular complexity index is 618. The summed E-state index contributed by atoms with van der Waals surface area (Å²) in [4.78, 5) is 28.4. The molecule has 1 aromatic rings. The SMILES string of the molecule is COCC(=O)Nc1ccc(NC(=O)C(C)N2CCN(C)CC2)cc1Cl. The lowest BCUT2D eigenvalue weighted by atomic mass is 10.2. The van der Waals surface area contributed by atoms with Crippen LogP contribution in [0.1, 0.15) is 6.92 Å². The van der Waals surface area contributed by atoms with E-state index >= 15 is 0 Å². The first-order valence-electron chi connectivity index (χ1n) is 8.22. The highest BCUT2D eigenvalue weighted by atomic mass is 35.5. The van der Waals surface area contributed by atoms with Gasteiger partial charge in [0.2, 0.25) is 11.8 Å². The van der Waals surface area contributed by atoms with E-state index in [0.717, 1.165) is 26.2 Å². The van der Waals surface area contributed by atoms with E-state index in [9.17, 15) is 9.59 Å². The van der Waals surface area contributed by atoms with Crippen molar-refractivity contribution in [3.05, 3.63) is 23.2 Å². The Balaban J connectivity index is 1.94. The van der Waals surface area contributed by atoms with Gasteiger partial charge in [-0.15, -0.1) is 0 Å². The van der Waals surface area contributed by atoms with Gasteiger partial charge in [0.25, 0.3) is 0 Å². The minimum absolute atomic E-state index is 0.0443. The predicted molar refractivity (Wildman–Crippen MR) is 99.1 cm³/mol. The molecule has 1 unspecified atom stereocenters. The lowest BCUT2D eigenvalue weighted by Crippen LogP contribution is -2.51. The maximum atomic E-state index is 12.5. The second-order valence-electron chi connectivity index (χ2n) is 6.18. The molecule has 138 valence electrons. The van der Waals surface area contributed by atoms with Crippen molar-refractivity contribution in [2.24, 2.45) is 0 Å². The van der Waals surface area contributed by atoms with Gasteiger partial charge in [0.15, 0.2) is 0 Å². The van der Waals surface area contributed by atoms with Gasteiger partial charge >= 0.3 is 0 Å². The highest BCUT2D eigenvalue weighted by Gasteiger charge is 2.24. The molecule has 1 atom stereocenters. The first kappa shape index (κ1) is 19.7. The molecule has 25 heavy (non-hydrogen) atoms. The summed E-state index contributed by atoms with van der Waals surface area (Å²) >= 11 is 6.18. The van der Waals surface area contributed by atoms with E-state index in [-0.39, 0.29) is 24.5 Å². The van der Waals surface area contributed by atoms with E-state index in [1.165, 1.54) is 7.11 Å². The van der Waals surface area contributed by atoms with Crippen LogP contribution in [0.3, 0.4) is 0 Å². The number of rotatable bonds is 6. The molecule has 1 aromatic carbocycles. The third-order valence-electron chi connectivity index (χ3n) is 4.25. The van der Waals surface area contributed by atoms with Crippen LogP contribution in [-0.2, 0) is 14.3 Å². The molecule has 2 N–H and O–H groups in total. The lowest BCUT2D eigenvalue weighted by molar-refractivity contribution is -0.121. The molecular weight excluding hydrogens is 344 g/mol. The molecule has 0 saturated carbocycles. The van der Waals surface area contributed by atoms with Crippen LogP contribution in [-0.4, -0.2) is 74.6 Å². The number of likely N-dealkylation sites (N-methyl/N-ethyl adjacent to an activating group) is 1. The summed E-state index contributed by atoms with van der Waals surface area (Å²) < 4.78 is 4.76. The molecule has 1 aliphatic rings. The normalized spacial score (nSPS) is 17.1. The first-order valence-corrected chi connectivity index (χ1v) is 8.60. The van der Waals surface area contributed by atoms with E-state index in [1.807, 2.05) is 6.92 Å². The van der Waals surface area contributed by atoms with Gasteiger partial charge in [-0.1, -0.05) is 11.6 Å². The smallest absolute Gasteiger partial charge is 0.250 e. The first-order chi connectivity index (χ1) is 11.9.